The van der Waals surface area contributed by atoms with Crippen LogP contribution < -0.4 is 0 Å². The van der Waals surface area contributed by atoms with Gasteiger partial charge in [0.25, 0.3) is 5.91 Å². The molecule has 0 radical (unpaired) electrons. The van der Waals surface area contributed by atoms with E-state index in [4.69, 9.17) is 4.42 Å². The summed E-state index contributed by atoms with van der Waals surface area (Å²) in [5.41, 5.74) is 0. The average Bonchev–Trinajstić information content (AvgIpc) is 2.84. The molecule has 0 bridgehead atoms. The molecule has 1 fully saturated rings. The molecule has 78 valence electrons. The zero-order chi connectivity index (χ0) is 10.7. The van der Waals surface area contributed by atoms with Crippen molar-refractivity contribution >= 4 is 17.9 Å². The second-order valence-corrected chi connectivity index (χ2v) is 3.34. The fraction of sp³-hybridized carbons (Fsp3) is 0.273. The molecule has 15 heavy (non-hydrogen) atoms. The van der Waals surface area contributed by atoms with Gasteiger partial charge in [-0.2, -0.15) is 0 Å². The van der Waals surface area contributed by atoms with Gasteiger partial charge in [0.15, 0.2) is 0 Å². The largest absolute Gasteiger partial charge is 0.465 e. The zero-order valence-corrected chi connectivity index (χ0v) is 8.18. The normalized spacial score (nSPS) is 16.5. The van der Waals surface area contributed by atoms with Crippen molar-refractivity contribution in [2.45, 2.75) is 12.8 Å². The van der Waals surface area contributed by atoms with Crippen LogP contribution in [-0.4, -0.2) is 23.3 Å². The lowest BCUT2D eigenvalue weighted by Gasteiger charge is -2.09. The number of carbonyl (C=O) groups is 2. The van der Waals surface area contributed by atoms with Gasteiger partial charge in [0.1, 0.15) is 5.76 Å². The molecule has 2 rings (SSSR count). The summed E-state index contributed by atoms with van der Waals surface area (Å²) in [5.74, 6) is 0.244. The van der Waals surface area contributed by atoms with Crippen molar-refractivity contribution in [2.24, 2.45) is 0 Å². The molecule has 2 heterocycles. The Bertz CT molecular complexity index is 392. The van der Waals surface area contributed by atoms with Gasteiger partial charge in [0, 0.05) is 19.0 Å². The van der Waals surface area contributed by atoms with Crippen molar-refractivity contribution in [1.29, 1.82) is 0 Å². The smallest absolute Gasteiger partial charge is 0.253 e. The Labute approximate surface area is 87.2 Å². The first-order valence-electron chi connectivity index (χ1n) is 4.83. The predicted molar refractivity (Wildman–Crippen MR) is 53.7 cm³/mol. The standard InChI is InChI=1S/C11H11NO3/c13-10-4-1-7-12(10)11(14)6-5-9-3-2-8-15-9/h2-3,5-6,8H,1,4,7H2/b6-5+. The van der Waals surface area contributed by atoms with Crippen LogP contribution in [0.15, 0.2) is 28.9 Å². The maximum atomic E-state index is 11.5. The summed E-state index contributed by atoms with van der Waals surface area (Å²) in [5, 5.41) is 0. The molecule has 1 aliphatic heterocycles. The van der Waals surface area contributed by atoms with Crippen LogP contribution in [0, 0.1) is 0 Å². The van der Waals surface area contributed by atoms with E-state index in [9.17, 15) is 9.59 Å². The fourth-order valence-corrected chi connectivity index (χ4v) is 1.51. The highest BCUT2D eigenvalue weighted by Gasteiger charge is 2.24. The summed E-state index contributed by atoms with van der Waals surface area (Å²) >= 11 is 0. The molecule has 1 aliphatic rings. The number of carbonyl (C=O) groups excluding carboxylic acids is 2. The van der Waals surface area contributed by atoms with E-state index in [0.717, 1.165) is 6.42 Å². The molecule has 0 aliphatic carbocycles. The summed E-state index contributed by atoms with van der Waals surface area (Å²) in [7, 11) is 0. The first-order valence-corrected chi connectivity index (χ1v) is 4.83. The van der Waals surface area contributed by atoms with Gasteiger partial charge in [-0.25, -0.2) is 0 Å². The van der Waals surface area contributed by atoms with E-state index in [1.807, 2.05) is 0 Å². The van der Waals surface area contributed by atoms with Crippen LogP contribution in [0.1, 0.15) is 18.6 Å². The minimum Gasteiger partial charge on any atom is -0.465 e. The molecular weight excluding hydrogens is 194 g/mol. The van der Waals surface area contributed by atoms with Crippen molar-refractivity contribution in [2.75, 3.05) is 6.54 Å². The van der Waals surface area contributed by atoms with E-state index in [2.05, 4.69) is 0 Å². The van der Waals surface area contributed by atoms with Crippen LogP contribution in [0.5, 0.6) is 0 Å². The first kappa shape index (κ1) is 9.71. The van der Waals surface area contributed by atoms with E-state index < -0.39 is 0 Å². The molecule has 0 spiro atoms. The third kappa shape index (κ3) is 2.15. The van der Waals surface area contributed by atoms with Crippen LogP contribution in [0.4, 0.5) is 0 Å². The maximum Gasteiger partial charge on any atom is 0.253 e. The SMILES string of the molecule is O=C(/C=C/c1ccco1)N1CCCC1=O. The molecule has 1 aromatic rings. The van der Waals surface area contributed by atoms with Gasteiger partial charge >= 0.3 is 0 Å². The van der Waals surface area contributed by atoms with E-state index in [1.165, 1.54) is 17.2 Å². The summed E-state index contributed by atoms with van der Waals surface area (Å²) in [6.45, 7) is 0.528. The van der Waals surface area contributed by atoms with Crippen LogP contribution in [-0.2, 0) is 9.59 Å². The highest BCUT2D eigenvalue weighted by molar-refractivity contribution is 6.03. The van der Waals surface area contributed by atoms with Crippen LogP contribution >= 0.6 is 0 Å². The second kappa shape index (κ2) is 4.13. The van der Waals surface area contributed by atoms with Crippen molar-refractivity contribution in [3.63, 3.8) is 0 Å². The number of nitrogens with zero attached hydrogens (tertiary/aromatic N) is 1. The second-order valence-electron chi connectivity index (χ2n) is 3.34. The number of rotatable bonds is 2. The molecule has 4 heteroatoms. The quantitative estimate of drug-likeness (QED) is 0.686. The lowest BCUT2D eigenvalue weighted by molar-refractivity contribution is -0.138. The van der Waals surface area contributed by atoms with E-state index >= 15 is 0 Å². The molecular formula is C11H11NO3. The van der Waals surface area contributed by atoms with Crippen LogP contribution in [0.25, 0.3) is 6.08 Å². The molecule has 0 unspecified atom stereocenters. The maximum absolute atomic E-state index is 11.5. The monoisotopic (exact) mass is 205 g/mol. The van der Waals surface area contributed by atoms with Crippen LogP contribution in [0.2, 0.25) is 0 Å². The molecule has 0 atom stereocenters. The first-order chi connectivity index (χ1) is 7.27. The van der Waals surface area contributed by atoms with E-state index in [-0.39, 0.29) is 11.8 Å². The highest BCUT2D eigenvalue weighted by Crippen LogP contribution is 2.11. The Hall–Kier alpha value is -1.84. The van der Waals surface area contributed by atoms with Gasteiger partial charge in [-0.3, -0.25) is 14.5 Å². The molecule has 2 amide bonds. The Morgan fingerprint density at radius 2 is 2.40 bits per heavy atom. The van der Waals surface area contributed by atoms with Crippen molar-refractivity contribution < 1.29 is 14.0 Å². The number of hydrogen-bond donors (Lipinski definition) is 0. The van der Waals surface area contributed by atoms with Gasteiger partial charge in [0.05, 0.1) is 6.26 Å². The lowest BCUT2D eigenvalue weighted by Crippen LogP contribution is -2.30. The number of imide groups is 1. The van der Waals surface area contributed by atoms with E-state index in [1.54, 1.807) is 18.2 Å². The van der Waals surface area contributed by atoms with Gasteiger partial charge in [0.2, 0.25) is 5.91 Å². The molecule has 1 saturated heterocycles. The third-order valence-electron chi connectivity index (χ3n) is 2.27. The Kier molecular flexibility index (Phi) is 2.67. The van der Waals surface area contributed by atoms with Gasteiger partial charge < -0.3 is 4.42 Å². The Morgan fingerprint density at radius 1 is 1.53 bits per heavy atom. The summed E-state index contributed by atoms with van der Waals surface area (Å²) in [6, 6.07) is 3.49. The minimum atomic E-state index is -0.270. The van der Waals surface area contributed by atoms with Crippen LogP contribution in [0.3, 0.4) is 0 Å². The summed E-state index contributed by atoms with van der Waals surface area (Å²) in [4.78, 5) is 24.0. The highest BCUT2D eigenvalue weighted by atomic mass is 16.3. The summed E-state index contributed by atoms with van der Waals surface area (Å²) < 4.78 is 5.03. The molecule has 0 saturated carbocycles. The number of furan rings is 1. The van der Waals surface area contributed by atoms with Crippen molar-refractivity contribution in [3.8, 4) is 0 Å². The molecule has 0 aromatic carbocycles. The average molecular weight is 205 g/mol. The third-order valence-corrected chi connectivity index (χ3v) is 2.27. The number of amides is 2. The summed E-state index contributed by atoms with van der Waals surface area (Å²) in [6.07, 6.45) is 5.70. The Balaban J connectivity index is 2.00. The van der Waals surface area contributed by atoms with Crippen molar-refractivity contribution in [3.05, 3.63) is 30.2 Å². The van der Waals surface area contributed by atoms with E-state index in [0.29, 0.717) is 18.7 Å². The fourth-order valence-electron chi connectivity index (χ4n) is 1.51. The minimum absolute atomic E-state index is 0.0934. The number of likely N-dealkylation sites (tertiary alicyclic amines) is 1. The van der Waals surface area contributed by atoms with Crippen molar-refractivity contribution in [1.82, 2.24) is 4.90 Å². The molecule has 1 aromatic heterocycles. The topological polar surface area (TPSA) is 50.5 Å². The predicted octanol–water partition coefficient (Wildman–Crippen LogP) is 1.44. The molecule has 0 N–H and O–H groups in total. The zero-order valence-electron chi connectivity index (χ0n) is 8.18. The van der Waals surface area contributed by atoms with Gasteiger partial charge in [-0.05, 0) is 24.6 Å². The molecule has 4 nitrogen and oxygen atoms in total. The lowest BCUT2D eigenvalue weighted by atomic mass is 10.3. The van der Waals surface area contributed by atoms with Gasteiger partial charge in [-0.15, -0.1) is 0 Å². The van der Waals surface area contributed by atoms with Gasteiger partial charge in [-0.1, -0.05) is 0 Å². The number of hydrogen-bond acceptors (Lipinski definition) is 3. The Morgan fingerprint density at radius 3 is 3.00 bits per heavy atom.